The Hall–Kier alpha value is -1.68. The predicted octanol–water partition coefficient (Wildman–Crippen LogP) is 2.26. The third-order valence-electron chi connectivity index (χ3n) is 2.39. The number of hydrogen-bond acceptors (Lipinski definition) is 1. The summed E-state index contributed by atoms with van der Waals surface area (Å²) in [6.45, 7) is 0.571. The first kappa shape index (κ1) is 10.8. The van der Waals surface area contributed by atoms with Crippen LogP contribution in [0.5, 0.6) is 0 Å². The Morgan fingerprint density at radius 1 is 1.12 bits per heavy atom. The molecule has 4 heteroatoms. The van der Waals surface area contributed by atoms with E-state index in [2.05, 4.69) is 0 Å². The molecule has 0 saturated carbocycles. The Morgan fingerprint density at radius 3 is 2.62 bits per heavy atom. The maximum atomic E-state index is 13.0. The molecule has 0 bridgehead atoms. The van der Waals surface area contributed by atoms with E-state index in [1.54, 1.807) is 10.8 Å². The average Bonchev–Trinajstić information content (AvgIpc) is 2.71. The highest BCUT2D eigenvalue weighted by molar-refractivity contribution is 5.34. The van der Waals surface area contributed by atoms with Crippen LogP contribution in [-0.2, 0) is 6.42 Å². The van der Waals surface area contributed by atoms with Gasteiger partial charge < -0.3 is 10.3 Å². The second kappa shape index (κ2) is 4.45. The van der Waals surface area contributed by atoms with Gasteiger partial charge in [0.05, 0.1) is 0 Å². The Kier molecular flexibility index (Phi) is 3.01. The SMILES string of the molecule is NCCc1ccn(-c2ccc(F)c(F)c2)c1. The van der Waals surface area contributed by atoms with Crippen molar-refractivity contribution in [2.45, 2.75) is 6.42 Å². The smallest absolute Gasteiger partial charge is 0.160 e. The van der Waals surface area contributed by atoms with Gasteiger partial charge >= 0.3 is 0 Å². The third-order valence-corrected chi connectivity index (χ3v) is 2.39. The highest BCUT2D eigenvalue weighted by Gasteiger charge is 2.04. The minimum absolute atomic E-state index is 0.571. The fourth-order valence-corrected chi connectivity index (χ4v) is 1.56. The lowest BCUT2D eigenvalue weighted by Gasteiger charge is -2.03. The first-order chi connectivity index (χ1) is 7.70. The Morgan fingerprint density at radius 2 is 1.94 bits per heavy atom. The summed E-state index contributed by atoms with van der Waals surface area (Å²) in [6.07, 6.45) is 4.44. The molecule has 0 aliphatic carbocycles. The van der Waals surface area contributed by atoms with Crippen molar-refractivity contribution in [3.63, 3.8) is 0 Å². The zero-order valence-electron chi connectivity index (χ0n) is 8.66. The van der Waals surface area contributed by atoms with Crippen molar-refractivity contribution in [3.05, 3.63) is 53.9 Å². The Bertz CT molecular complexity index is 492. The second-order valence-corrected chi connectivity index (χ2v) is 3.56. The molecule has 0 amide bonds. The number of nitrogens with zero attached hydrogens (tertiary/aromatic N) is 1. The van der Waals surface area contributed by atoms with Crippen LogP contribution < -0.4 is 5.73 Å². The quantitative estimate of drug-likeness (QED) is 0.848. The summed E-state index contributed by atoms with van der Waals surface area (Å²) in [6, 6.07) is 5.73. The highest BCUT2D eigenvalue weighted by Crippen LogP contribution is 2.14. The summed E-state index contributed by atoms with van der Waals surface area (Å²) in [5, 5.41) is 0. The van der Waals surface area contributed by atoms with E-state index in [9.17, 15) is 8.78 Å². The zero-order chi connectivity index (χ0) is 11.5. The molecular formula is C12H12F2N2. The van der Waals surface area contributed by atoms with Gasteiger partial charge in [-0.2, -0.15) is 0 Å². The molecule has 0 fully saturated rings. The molecule has 84 valence electrons. The maximum Gasteiger partial charge on any atom is 0.160 e. The van der Waals surface area contributed by atoms with E-state index < -0.39 is 11.6 Å². The van der Waals surface area contributed by atoms with Crippen LogP contribution in [0.2, 0.25) is 0 Å². The number of nitrogens with two attached hydrogens (primary N) is 1. The summed E-state index contributed by atoms with van der Waals surface area (Å²) < 4.78 is 27.5. The zero-order valence-corrected chi connectivity index (χ0v) is 8.66. The van der Waals surface area contributed by atoms with E-state index in [1.807, 2.05) is 12.3 Å². The molecule has 0 aliphatic heterocycles. The maximum absolute atomic E-state index is 13.0. The minimum atomic E-state index is -0.841. The van der Waals surface area contributed by atoms with Crippen LogP contribution in [0, 0.1) is 11.6 Å². The summed E-state index contributed by atoms with van der Waals surface area (Å²) in [5.41, 5.74) is 7.11. The van der Waals surface area contributed by atoms with E-state index in [0.717, 1.165) is 18.1 Å². The van der Waals surface area contributed by atoms with Crippen molar-refractivity contribution in [3.8, 4) is 5.69 Å². The van der Waals surface area contributed by atoms with Crippen molar-refractivity contribution >= 4 is 0 Å². The van der Waals surface area contributed by atoms with E-state index >= 15 is 0 Å². The average molecular weight is 222 g/mol. The topological polar surface area (TPSA) is 30.9 Å². The molecule has 1 heterocycles. The highest BCUT2D eigenvalue weighted by atomic mass is 19.2. The number of rotatable bonds is 3. The first-order valence-corrected chi connectivity index (χ1v) is 5.03. The summed E-state index contributed by atoms with van der Waals surface area (Å²) in [5.74, 6) is -1.68. The van der Waals surface area contributed by atoms with Crippen LogP contribution in [0.15, 0.2) is 36.7 Å². The van der Waals surface area contributed by atoms with Crippen LogP contribution in [0.3, 0.4) is 0 Å². The van der Waals surface area contributed by atoms with Gasteiger partial charge in [-0.15, -0.1) is 0 Å². The molecule has 1 aromatic heterocycles. The van der Waals surface area contributed by atoms with Gasteiger partial charge in [-0.05, 0) is 36.7 Å². The summed E-state index contributed by atoms with van der Waals surface area (Å²) >= 11 is 0. The van der Waals surface area contributed by atoms with Crippen molar-refractivity contribution < 1.29 is 8.78 Å². The lowest BCUT2D eigenvalue weighted by molar-refractivity contribution is 0.508. The van der Waals surface area contributed by atoms with Crippen molar-refractivity contribution in [1.82, 2.24) is 4.57 Å². The standard InChI is InChI=1S/C12H12F2N2/c13-11-2-1-10(7-12(11)14)16-6-4-9(8-16)3-5-15/h1-2,4,6-8H,3,5,15H2. The van der Waals surface area contributed by atoms with E-state index in [-0.39, 0.29) is 0 Å². The van der Waals surface area contributed by atoms with Gasteiger partial charge in [0.2, 0.25) is 0 Å². The lowest BCUT2D eigenvalue weighted by atomic mass is 10.2. The molecule has 0 aliphatic rings. The Labute approximate surface area is 92.3 Å². The number of aromatic nitrogens is 1. The van der Waals surface area contributed by atoms with Gasteiger partial charge in [0.1, 0.15) is 0 Å². The lowest BCUT2D eigenvalue weighted by Crippen LogP contribution is -2.01. The third kappa shape index (κ3) is 2.12. The van der Waals surface area contributed by atoms with Gasteiger partial charge in [0, 0.05) is 24.1 Å². The molecular weight excluding hydrogens is 210 g/mol. The number of hydrogen-bond donors (Lipinski definition) is 1. The molecule has 0 unspecified atom stereocenters. The van der Waals surface area contributed by atoms with Gasteiger partial charge in [0.25, 0.3) is 0 Å². The molecule has 2 nitrogen and oxygen atoms in total. The van der Waals surface area contributed by atoms with Crippen LogP contribution in [0.4, 0.5) is 8.78 Å². The van der Waals surface area contributed by atoms with Gasteiger partial charge in [-0.3, -0.25) is 0 Å². The molecule has 16 heavy (non-hydrogen) atoms. The van der Waals surface area contributed by atoms with E-state index in [1.165, 1.54) is 12.1 Å². The van der Waals surface area contributed by atoms with E-state index in [4.69, 9.17) is 5.73 Å². The largest absolute Gasteiger partial charge is 0.330 e. The summed E-state index contributed by atoms with van der Waals surface area (Å²) in [7, 11) is 0. The molecule has 2 aromatic rings. The first-order valence-electron chi connectivity index (χ1n) is 5.03. The predicted molar refractivity (Wildman–Crippen MR) is 58.4 cm³/mol. The van der Waals surface area contributed by atoms with Crippen molar-refractivity contribution in [1.29, 1.82) is 0 Å². The van der Waals surface area contributed by atoms with Crippen LogP contribution in [-0.4, -0.2) is 11.1 Å². The molecule has 2 N–H and O–H groups in total. The molecule has 0 saturated heterocycles. The molecule has 0 atom stereocenters. The van der Waals surface area contributed by atoms with Crippen LogP contribution >= 0.6 is 0 Å². The second-order valence-electron chi connectivity index (χ2n) is 3.56. The van der Waals surface area contributed by atoms with E-state index in [0.29, 0.717) is 12.2 Å². The Balaban J connectivity index is 2.31. The van der Waals surface area contributed by atoms with Crippen LogP contribution in [0.25, 0.3) is 5.69 Å². The van der Waals surface area contributed by atoms with Gasteiger partial charge in [-0.1, -0.05) is 0 Å². The fraction of sp³-hybridized carbons (Fsp3) is 0.167. The fourth-order valence-electron chi connectivity index (χ4n) is 1.56. The van der Waals surface area contributed by atoms with Crippen LogP contribution in [0.1, 0.15) is 5.56 Å². The van der Waals surface area contributed by atoms with Gasteiger partial charge in [-0.25, -0.2) is 8.78 Å². The summed E-state index contributed by atoms with van der Waals surface area (Å²) in [4.78, 5) is 0. The van der Waals surface area contributed by atoms with Gasteiger partial charge in [0.15, 0.2) is 11.6 Å². The molecule has 0 spiro atoms. The molecule has 1 aromatic carbocycles. The molecule has 0 radical (unpaired) electrons. The van der Waals surface area contributed by atoms with Crippen molar-refractivity contribution in [2.75, 3.05) is 6.54 Å². The number of benzene rings is 1. The minimum Gasteiger partial charge on any atom is -0.330 e. The monoisotopic (exact) mass is 222 g/mol. The molecule has 2 rings (SSSR count). The normalized spacial score (nSPS) is 10.7. The number of halogens is 2. The van der Waals surface area contributed by atoms with Crippen molar-refractivity contribution in [2.24, 2.45) is 5.73 Å².